The van der Waals surface area contributed by atoms with Gasteiger partial charge in [-0.15, -0.1) is 0 Å². The van der Waals surface area contributed by atoms with E-state index >= 15 is 0 Å². The maximum atomic E-state index is 12.8. The zero-order valence-electron chi connectivity index (χ0n) is 16.4. The Kier molecular flexibility index (Phi) is 4.60. The quantitative estimate of drug-likeness (QED) is 0.443. The molecule has 6 heteroatoms. The highest BCUT2D eigenvalue weighted by molar-refractivity contribution is 6.08. The van der Waals surface area contributed by atoms with Crippen molar-refractivity contribution in [2.45, 2.75) is 46.1 Å². The van der Waals surface area contributed by atoms with E-state index in [4.69, 9.17) is 4.74 Å². The topological polar surface area (TPSA) is 80.8 Å². The smallest absolute Gasteiger partial charge is 0.329 e. The van der Waals surface area contributed by atoms with Crippen LogP contribution in [-0.2, 0) is 19.1 Å². The molecular weight excluding hydrogens is 358 g/mol. The number of ether oxygens (including phenoxy) is 1. The van der Waals surface area contributed by atoms with Gasteiger partial charge in [-0.1, -0.05) is 12.1 Å². The van der Waals surface area contributed by atoms with Crippen LogP contribution in [0.3, 0.4) is 0 Å². The van der Waals surface area contributed by atoms with Gasteiger partial charge in [0, 0.05) is 5.56 Å². The van der Waals surface area contributed by atoms with Crippen molar-refractivity contribution in [3.63, 3.8) is 0 Å². The van der Waals surface area contributed by atoms with Gasteiger partial charge in [0.25, 0.3) is 0 Å². The molecule has 1 aromatic rings. The first-order chi connectivity index (χ1) is 13.3. The molecule has 1 aliphatic heterocycles. The second kappa shape index (κ2) is 6.83. The Morgan fingerprint density at radius 2 is 1.68 bits per heavy atom. The van der Waals surface area contributed by atoms with Crippen molar-refractivity contribution in [1.29, 1.82) is 0 Å². The SMILES string of the molecule is Cc1ccc(C(=O)COC(=O)[C@H](C)N2C(=O)[C@@H]3[C@H]4CC[C@H](C4)[C@@H]3C2=O)cc1C. The number of hydrogen-bond acceptors (Lipinski definition) is 5. The fourth-order valence-corrected chi connectivity index (χ4v) is 5.17. The lowest BCUT2D eigenvalue weighted by atomic mass is 9.81. The molecule has 3 fully saturated rings. The third-order valence-corrected chi connectivity index (χ3v) is 6.86. The van der Waals surface area contributed by atoms with Crippen LogP contribution in [-0.4, -0.2) is 41.1 Å². The molecule has 2 amide bonds. The molecule has 4 rings (SSSR count). The molecule has 3 aliphatic rings. The molecule has 1 aromatic carbocycles. The van der Waals surface area contributed by atoms with Crippen molar-refractivity contribution in [3.8, 4) is 0 Å². The van der Waals surface area contributed by atoms with E-state index < -0.39 is 18.6 Å². The van der Waals surface area contributed by atoms with Crippen molar-refractivity contribution in [1.82, 2.24) is 4.90 Å². The van der Waals surface area contributed by atoms with Gasteiger partial charge in [-0.3, -0.25) is 19.3 Å². The summed E-state index contributed by atoms with van der Waals surface area (Å²) in [6.07, 6.45) is 2.92. The van der Waals surface area contributed by atoms with Crippen molar-refractivity contribution >= 4 is 23.6 Å². The zero-order valence-corrected chi connectivity index (χ0v) is 16.4. The van der Waals surface area contributed by atoms with Crippen LogP contribution in [0.1, 0.15) is 47.7 Å². The van der Waals surface area contributed by atoms with Gasteiger partial charge in [-0.25, -0.2) is 4.79 Å². The van der Waals surface area contributed by atoms with Crippen LogP contribution in [0.5, 0.6) is 0 Å². The van der Waals surface area contributed by atoms with Crippen LogP contribution in [0.15, 0.2) is 18.2 Å². The number of nitrogens with zero attached hydrogens (tertiary/aromatic N) is 1. The number of rotatable bonds is 5. The number of benzene rings is 1. The number of ketones is 1. The summed E-state index contributed by atoms with van der Waals surface area (Å²) in [6, 6.07) is 4.31. The van der Waals surface area contributed by atoms with E-state index in [0.717, 1.165) is 35.3 Å². The van der Waals surface area contributed by atoms with E-state index in [1.807, 2.05) is 19.9 Å². The largest absolute Gasteiger partial charge is 0.456 e. The average Bonchev–Trinajstić information content (AvgIpc) is 3.35. The molecule has 1 saturated heterocycles. The monoisotopic (exact) mass is 383 g/mol. The van der Waals surface area contributed by atoms with E-state index in [1.165, 1.54) is 6.92 Å². The number of carbonyl (C=O) groups excluding carboxylic acids is 4. The first-order valence-corrected chi connectivity index (χ1v) is 9.93. The molecule has 0 unspecified atom stereocenters. The summed E-state index contributed by atoms with van der Waals surface area (Å²) in [7, 11) is 0. The van der Waals surface area contributed by atoms with E-state index in [0.29, 0.717) is 5.56 Å². The molecule has 2 aliphatic carbocycles. The normalized spacial score (nSPS) is 29.2. The van der Waals surface area contributed by atoms with Gasteiger partial charge in [0.2, 0.25) is 11.8 Å². The number of esters is 1. The highest BCUT2D eigenvalue weighted by atomic mass is 16.5. The minimum absolute atomic E-state index is 0.243. The van der Waals surface area contributed by atoms with E-state index in [2.05, 4.69) is 0 Å². The van der Waals surface area contributed by atoms with Crippen LogP contribution in [0.2, 0.25) is 0 Å². The van der Waals surface area contributed by atoms with Gasteiger partial charge in [0.1, 0.15) is 6.04 Å². The lowest BCUT2D eigenvalue weighted by molar-refractivity contribution is -0.157. The van der Waals surface area contributed by atoms with Crippen LogP contribution in [0.4, 0.5) is 0 Å². The highest BCUT2D eigenvalue weighted by Crippen LogP contribution is 2.56. The number of Topliss-reactive ketones (excluding diaryl/α,β-unsaturated/α-hetero) is 1. The number of imide groups is 1. The standard InChI is InChI=1S/C22H25NO5/c1-11-4-5-14(8-12(11)2)17(24)10-28-22(27)13(3)23-20(25)18-15-6-7-16(9-15)19(18)21(23)26/h4-5,8,13,15-16,18-19H,6-7,9-10H2,1-3H3/t13-,15-,16+,18+,19-/m0/s1. The van der Waals surface area contributed by atoms with Gasteiger partial charge in [-0.2, -0.15) is 0 Å². The predicted molar refractivity (Wildman–Crippen MR) is 100 cm³/mol. The molecule has 6 nitrogen and oxygen atoms in total. The van der Waals surface area contributed by atoms with E-state index in [9.17, 15) is 19.2 Å². The van der Waals surface area contributed by atoms with Gasteiger partial charge in [0.05, 0.1) is 11.8 Å². The summed E-state index contributed by atoms with van der Waals surface area (Å²) < 4.78 is 5.16. The molecule has 0 aromatic heterocycles. The molecule has 0 radical (unpaired) electrons. The third-order valence-electron chi connectivity index (χ3n) is 6.86. The minimum atomic E-state index is -1.00. The number of fused-ring (bicyclic) bond motifs is 5. The van der Waals surface area contributed by atoms with Crippen LogP contribution < -0.4 is 0 Å². The summed E-state index contributed by atoms with van der Waals surface area (Å²) in [6.45, 7) is 4.97. The minimum Gasteiger partial charge on any atom is -0.456 e. The summed E-state index contributed by atoms with van der Waals surface area (Å²) in [5.74, 6) is -1.50. The van der Waals surface area contributed by atoms with Crippen LogP contribution >= 0.6 is 0 Å². The molecule has 0 N–H and O–H groups in total. The van der Waals surface area contributed by atoms with Gasteiger partial charge < -0.3 is 4.74 Å². The first-order valence-electron chi connectivity index (χ1n) is 9.93. The van der Waals surface area contributed by atoms with Crippen molar-refractivity contribution in [2.75, 3.05) is 6.61 Å². The van der Waals surface area contributed by atoms with Gasteiger partial charge in [-0.05, 0) is 69.1 Å². The highest BCUT2D eigenvalue weighted by Gasteiger charge is 2.62. The van der Waals surface area contributed by atoms with Crippen LogP contribution in [0.25, 0.3) is 0 Å². The molecule has 2 saturated carbocycles. The second-order valence-corrected chi connectivity index (χ2v) is 8.44. The van der Waals surface area contributed by atoms with Gasteiger partial charge >= 0.3 is 5.97 Å². The Morgan fingerprint density at radius 1 is 1.07 bits per heavy atom. The van der Waals surface area contributed by atoms with Crippen molar-refractivity contribution < 1.29 is 23.9 Å². The zero-order chi connectivity index (χ0) is 20.2. The van der Waals surface area contributed by atoms with Gasteiger partial charge in [0.15, 0.2) is 12.4 Å². The Balaban J connectivity index is 1.40. The third kappa shape index (κ3) is 2.86. The molecule has 148 valence electrons. The van der Waals surface area contributed by atoms with Crippen molar-refractivity contribution in [3.05, 3.63) is 34.9 Å². The maximum Gasteiger partial charge on any atom is 0.329 e. The fourth-order valence-electron chi connectivity index (χ4n) is 5.17. The predicted octanol–water partition coefficient (Wildman–Crippen LogP) is 2.45. The lowest BCUT2D eigenvalue weighted by Crippen LogP contribution is -2.45. The fraction of sp³-hybridized carbons (Fsp3) is 0.545. The Bertz CT molecular complexity index is 848. The number of aryl methyl sites for hydroxylation is 2. The summed E-state index contributed by atoms with van der Waals surface area (Å²) in [5, 5.41) is 0. The summed E-state index contributed by atoms with van der Waals surface area (Å²) in [5.41, 5.74) is 2.54. The molecule has 2 bridgehead atoms. The number of hydrogen-bond donors (Lipinski definition) is 0. The van der Waals surface area contributed by atoms with Crippen LogP contribution in [0, 0.1) is 37.5 Å². The Hall–Kier alpha value is -2.50. The number of carbonyl (C=O) groups is 4. The average molecular weight is 383 g/mol. The molecule has 5 atom stereocenters. The molecule has 0 spiro atoms. The molecule has 28 heavy (non-hydrogen) atoms. The lowest BCUT2D eigenvalue weighted by Gasteiger charge is -2.23. The second-order valence-electron chi connectivity index (χ2n) is 8.44. The summed E-state index contributed by atoms with van der Waals surface area (Å²) in [4.78, 5) is 51.4. The maximum absolute atomic E-state index is 12.8. The Labute approximate surface area is 164 Å². The van der Waals surface area contributed by atoms with E-state index in [-0.39, 0.29) is 41.3 Å². The first kappa shape index (κ1) is 18.8. The molecular formula is C22H25NO5. The number of likely N-dealkylation sites (tertiary alicyclic amines) is 1. The Morgan fingerprint density at radius 3 is 2.25 bits per heavy atom. The van der Waals surface area contributed by atoms with E-state index in [1.54, 1.807) is 12.1 Å². The number of amides is 2. The summed E-state index contributed by atoms with van der Waals surface area (Å²) >= 11 is 0. The molecule has 1 heterocycles. The van der Waals surface area contributed by atoms with Crippen molar-refractivity contribution in [2.24, 2.45) is 23.7 Å².